The molecule has 0 unspecified atom stereocenters. The predicted molar refractivity (Wildman–Crippen MR) is 127 cm³/mol. The number of anilines is 1. The third-order valence-corrected chi connectivity index (χ3v) is 5.95. The van der Waals surface area contributed by atoms with Crippen LogP contribution in [0.3, 0.4) is 0 Å². The van der Waals surface area contributed by atoms with Crippen LogP contribution in [0.1, 0.15) is 16.1 Å². The number of rotatable bonds is 7. The molecule has 0 aliphatic heterocycles. The molecule has 3 aromatic heterocycles. The first-order valence-electron chi connectivity index (χ1n) is 10.2. The van der Waals surface area contributed by atoms with Crippen LogP contribution in [0.2, 0.25) is 0 Å². The van der Waals surface area contributed by atoms with Crippen molar-refractivity contribution in [3.63, 3.8) is 0 Å². The quantitative estimate of drug-likeness (QED) is 0.333. The average Bonchev–Trinajstić information content (AvgIpc) is 3.51. The standard InChI is InChI=1S/C25H19N3O4S/c1-30-19-7-6-17(14-22(19)31-15-16-10-12-26-13-11-16)27-24(29)20-8-9-21(32-20)25-28-18-4-2-3-5-23(18)33-25/h2-14H,15H2,1H3,(H,27,29). The van der Waals surface area contributed by atoms with Gasteiger partial charge in [0.2, 0.25) is 0 Å². The molecule has 0 aliphatic rings. The lowest BCUT2D eigenvalue weighted by Crippen LogP contribution is -2.11. The molecule has 0 atom stereocenters. The van der Waals surface area contributed by atoms with Crippen molar-refractivity contribution in [3.8, 4) is 22.3 Å². The van der Waals surface area contributed by atoms with Gasteiger partial charge in [-0.2, -0.15) is 0 Å². The van der Waals surface area contributed by atoms with Crippen LogP contribution in [0, 0.1) is 0 Å². The van der Waals surface area contributed by atoms with Crippen molar-refractivity contribution in [3.05, 3.63) is 90.4 Å². The maximum absolute atomic E-state index is 12.8. The molecule has 33 heavy (non-hydrogen) atoms. The van der Waals surface area contributed by atoms with Gasteiger partial charge < -0.3 is 19.2 Å². The van der Waals surface area contributed by atoms with Crippen LogP contribution in [0.25, 0.3) is 21.0 Å². The molecule has 5 aromatic rings. The van der Waals surface area contributed by atoms with E-state index in [-0.39, 0.29) is 11.7 Å². The molecule has 0 saturated heterocycles. The number of para-hydroxylation sites is 1. The topological polar surface area (TPSA) is 86.5 Å². The summed E-state index contributed by atoms with van der Waals surface area (Å²) in [5.41, 5.74) is 2.43. The van der Waals surface area contributed by atoms with Gasteiger partial charge in [0, 0.05) is 24.1 Å². The first-order chi connectivity index (χ1) is 16.2. The van der Waals surface area contributed by atoms with E-state index in [1.807, 2.05) is 36.4 Å². The molecule has 1 N–H and O–H groups in total. The van der Waals surface area contributed by atoms with Crippen LogP contribution in [0.4, 0.5) is 5.69 Å². The monoisotopic (exact) mass is 457 g/mol. The Hall–Kier alpha value is -4.17. The van der Waals surface area contributed by atoms with E-state index in [9.17, 15) is 4.79 Å². The summed E-state index contributed by atoms with van der Waals surface area (Å²) >= 11 is 1.52. The van der Waals surface area contributed by atoms with Crippen molar-refractivity contribution >= 4 is 33.1 Å². The molecule has 0 fully saturated rings. The normalized spacial score (nSPS) is 10.8. The number of benzene rings is 2. The minimum Gasteiger partial charge on any atom is -0.493 e. The van der Waals surface area contributed by atoms with Crippen LogP contribution in [0.15, 0.2) is 83.5 Å². The van der Waals surface area contributed by atoms with Crippen molar-refractivity contribution in [2.75, 3.05) is 12.4 Å². The molecule has 5 rings (SSSR count). The second-order valence-corrected chi connectivity index (χ2v) is 8.15. The zero-order chi connectivity index (χ0) is 22.6. The van der Waals surface area contributed by atoms with E-state index in [1.54, 1.807) is 49.8 Å². The Balaban J connectivity index is 1.31. The van der Waals surface area contributed by atoms with E-state index in [1.165, 1.54) is 11.3 Å². The summed E-state index contributed by atoms with van der Waals surface area (Å²) in [5, 5.41) is 3.57. The lowest BCUT2D eigenvalue weighted by Gasteiger charge is -2.12. The average molecular weight is 458 g/mol. The Labute approximate surface area is 193 Å². The Morgan fingerprint density at radius 3 is 2.70 bits per heavy atom. The molecule has 0 aliphatic carbocycles. The molecule has 8 heteroatoms. The molecule has 0 bridgehead atoms. The number of pyridine rings is 1. The highest BCUT2D eigenvalue weighted by molar-refractivity contribution is 7.21. The zero-order valence-electron chi connectivity index (χ0n) is 17.6. The second-order valence-electron chi connectivity index (χ2n) is 7.11. The summed E-state index contributed by atoms with van der Waals surface area (Å²) < 4.78 is 18.1. The van der Waals surface area contributed by atoms with E-state index >= 15 is 0 Å². The van der Waals surface area contributed by atoms with Crippen molar-refractivity contribution in [1.82, 2.24) is 9.97 Å². The van der Waals surface area contributed by atoms with Gasteiger partial charge in [0.1, 0.15) is 6.61 Å². The Morgan fingerprint density at radius 1 is 1.03 bits per heavy atom. The zero-order valence-corrected chi connectivity index (χ0v) is 18.5. The van der Waals surface area contributed by atoms with E-state index < -0.39 is 0 Å². The molecule has 1 amide bonds. The fourth-order valence-corrected chi connectivity index (χ4v) is 4.18. The van der Waals surface area contributed by atoms with E-state index in [4.69, 9.17) is 13.9 Å². The Kier molecular flexibility index (Phi) is 5.73. The SMILES string of the molecule is COc1ccc(NC(=O)c2ccc(-c3nc4ccccc4s3)o2)cc1OCc1ccncc1. The first kappa shape index (κ1) is 20.7. The highest BCUT2D eigenvalue weighted by Gasteiger charge is 2.16. The number of fused-ring (bicyclic) bond motifs is 1. The minimum absolute atomic E-state index is 0.194. The van der Waals surface area contributed by atoms with Gasteiger partial charge in [-0.05, 0) is 54.1 Å². The maximum Gasteiger partial charge on any atom is 0.291 e. The molecule has 0 radical (unpaired) electrons. The second kappa shape index (κ2) is 9.13. The lowest BCUT2D eigenvalue weighted by atomic mass is 10.2. The number of amides is 1. The number of furan rings is 1. The Morgan fingerprint density at radius 2 is 1.88 bits per heavy atom. The number of aromatic nitrogens is 2. The van der Waals surface area contributed by atoms with Crippen LogP contribution in [-0.2, 0) is 6.61 Å². The fourth-order valence-electron chi connectivity index (χ4n) is 3.25. The summed E-state index contributed by atoms with van der Waals surface area (Å²) in [7, 11) is 1.57. The van der Waals surface area contributed by atoms with Gasteiger partial charge in [-0.15, -0.1) is 11.3 Å². The Bertz CT molecular complexity index is 1380. The summed E-state index contributed by atoms with van der Waals surface area (Å²) in [6.07, 6.45) is 3.41. The number of thiazole rings is 1. The largest absolute Gasteiger partial charge is 0.493 e. The number of hydrogen-bond acceptors (Lipinski definition) is 7. The molecule has 0 spiro atoms. The maximum atomic E-state index is 12.8. The van der Waals surface area contributed by atoms with Crippen LogP contribution >= 0.6 is 11.3 Å². The van der Waals surface area contributed by atoms with Gasteiger partial charge >= 0.3 is 0 Å². The van der Waals surface area contributed by atoms with Gasteiger partial charge in [-0.1, -0.05) is 12.1 Å². The van der Waals surface area contributed by atoms with Crippen molar-refractivity contribution in [1.29, 1.82) is 0 Å². The smallest absolute Gasteiger partial charge is 0.291 e. The number of carbonyl (C=O) groups excluding carboxylic acids is 1. The molecule has 2 aromatic carbocycles. The third-order valence-electron chi connectivity index (χ3n) is 4.90. The fraction of sp³-hybridized carbons (Fsp3) is 0.0800. The van der Waals surface area contributed by atoms with Crippen molar-refractivity contribution < 1.29 is 18.7 Å². The van der Waals surface area contributed by atoms with Gasteiger partial charge in [-0.3, -0.25) is 9.78 Å². The molecule has 164 valence electrons. The minimum atomic E-state index is -0.368. The van der Waals surface area contributed by atoms with Crippen LogP contribution in [-0.4, -0.2) is 23.0 Å². The van der Waals surface area contributed by atoms with Crippen molar-refractivity contribution in [2.45, 2.75) is 6.61 Å². The van der Waals surface area contributed by atoms with Gasteiger partial charge in [-0.25, -0.2) is 4.98 Å². The molecular formula is C25H19N3O4S. The summed E-state index contributed by atoms with van der Waals surface area (Å²) in [6.45, 7) is 0.347. The highest BCUT2D eigenvalue weighted by atomic mass is 32.1. The number of ether oxygens (including phenoxy) is 2. The number of methoxy groups -OCH3 is 1. The van der Waals surface area contributed by atoms with Gasteiger partial charge in [0.15, 0.2) is 28.0 Å². The van der Waals surface area contributed by atoms with E-state index in [0.717, 1.165) is 20.8 Å². The highest BCUT2D eigenvalue weighted by Crippen LogP contribution is 2.33. The van der Waals surface area contributed by atoms with Crippen molar-refractivity contribution in [2.24, 2.45) is 0 Å². The number of nitrogens with zero attached hydrogens (tertiary/aromatic N) is 2. The first-order valence-corrected chi connectivity index (χ1v) is 11.0. The van der Waals surface area contributed by atoms with Crippen LogP contribution < -0.4 is 14.8 Å². The van der Waals surface area contributed by atoms with Crippen LogP contribution in [0.5, 0.6) is 11.5 Å². The van der Waals surface area contributed by atoms with Gasteiger partial charge in [0.25, 0.3) is 5.91 Å². The van der Waals surface area contributed by atoms with E-state index in [2.05, 4.69) is 15.3 Å². The number of carbonyl (C=O) groups is 1. The molecule has 0 saturated carbocycles. The lowest BCUT2D eigenvalue weighted by molar-refractivity contribution is 0.0997. The predicted octanol–water partition coefficient (Wildman–Crippen LogP) is 5.79. The molecule has 3 heterocycles. The summed E-state index contributed by atoms with van der Waals surface area (Å²) in [6, 6.07) is 20.2. The van der Waals surface area contributed by atoms with Gasteiger partial charge in [0.05, 0.1) is 17.3 Å². The molecule has 7 nitrogen and oxygen atoms in total. The summed E-state index contributed by atoms with van der Waals surface area (Å²) in [4.78, 5) is 21.4. The number of nitrogens with one attached hydrogen (secondary N) is 1. The third kappa shape index (κ3) is 4.56. The number of hydrogen-bond donors (Lipinski definition) is 1. The molecular weight excluding hydrogens is 438 g/mol. The summed E-state index contributed by atoms with van der Waals surface area (Å²) in [5.74, 6) is 1.46. The van der Waals surface area contributed by atoms with E-state index in [0.29, 0.717) is 29.6 Å².